The molecule has 0 spiro atoms. The minimum atomic E-state index is -3.33. The predicted molar refractivity (Wildman–Crippen MR) is 121 cm³/mol. The van der Waals surface area contributed by atoms with Gasteiger partial charge >= 0.3 is 0 Å². The zero-order chi connectivity index (χ0) is 21.8. The lowest BCUT2D eigenvalue weighted by molar-refractivity contribution is -0.133. The van der Waals surface area contributed by atoms with Gasteiger partial charge in [-0.3, -0.25) is 4.79 Å². The van der Waals surface area contributed by atoms with Crippen LogP contribution in [0.5, 0.6) is 0 Å². The van der Waals surface area contributed by atoms with E-state index in [0.717, 1.165) is 36.9 Å². The average Bonchev–Trinajstić information content (AvgIpc) is 3.41. The number of nitrogens with zero attached hydrogens (tertiary/aromatic N) is 4. The van der Waals surface area contributed by atoms with Crippen molar-refractivity contribution in [2.75, 3.05) is 24.2 Å². The number of fused-ring (bicyclic) bond motifs is 2. The number of amides is 1. The largest absolute Gasteiger partial charge is 0.336 e. The molecule has 4 heterocycles. The van der Waals surface area contributed by atoms with E-state index < -0.39 is 9.84 Å². The molecule has 1 saturated heterocycles. The summed E-state index contributed by atoms with van der Waals surface area (Å²) in [5.41, 5.74) is 2.61. The minimum Gasteiger partial charge on any atom is -0.336 e. The molecule has 0 unspecified atom stereocenters. The number of sulfone groups is 1. The number of anilines is 1. The summed E-state index contributed by atoms with van der Waals surface area (Å²) in [6.45, 7) is 4.01. The van der Waals surface area contributed by atoms with Gasteiger partial charge in [-0.25, -0.2) is 18.4 Å². The van der Waals surface area contributed by atoms with E-state index in [1.54, 1.807) is 29.5 Å². The van der Waals surface area contributed by atoms with Crippen molar-refractivity contribution in [2.24, 2.45) is 0 Å². The Morgan fingerprint density at radius 2 is 2.03 bits per heavy atom. The first-order valence-corrected chi connectivity index (χ1v) is 13.2. The second-order valence-corrected chi connectivity index (χ2v) is 11.3. The van der Waals surface area contributed by atoms with Gasteiger partial charge < -0.3 is 9.80 Å². The van der Waals surface area contributed by atoms with Gasteiger partial charge in [0.05, 0.1) is 16.1 Å². The number of benzene rings is 1. The van der Waals surface area contributed by atoms with E-state index in [1.807, 2.05) is 16.7 Å². The molecule has 0 aliphatic carbocycles. The van der Waals surface area contributed by atoms with Crippen LogP contribution in [0.3, 0.4) is 0 Å². The number of hydrogen-bond acceptors (Lipinski definition) is 7. The standard InChI is InChI=1S/C22H24N4O3S2/c1-14-17-6-5-16(31(2,28)29)12-18(17)24-22(23-14)26-9-3-4-19(26)21(27)25-10-7-20-15(13-25)8-11-30-20/h5-6,8,11-12,19H,3-4,7,9-10,13H2,1-2H3/t19-/m1/s1. The van der Waals surface area contributed by atoms with Crippen molar-refractivity contribution < 1.29 is 13.2 Å². The Bertz CT molecular complexity index is 1290. The fraction of sp³-hybridized carbons (Fsp3) is 0.409. The summed E-state index contributed by atoms with van der Waals surface area (Å²) in [4.78, 5) is 28.3. The molecule has 2 aromatic heterocycles. The number of thiophene rings is 1. The maximum absolute atomic E-state index is 13.4. The first kappa shape index (κ1) is 20.4. The van der Waals surface area contributed by atoms with Crippen LogP contribution in [0.1, 0.15) is 29.0 Å². The highest BCUT2D eigenvalue weighted by Crippen LogP contribution is 2.30. The van der Waals surface area contributed by atoms with E-state index in [4.69, 9.17) is 0 Å². The van der Waals surface area contributed by atoms with Gasteiger partial charge in [0, 0.05) is 36.2 Å². The van der Waals surface area contributed by atoms with E-state index >= 15 is 0 Å². The molecule has 3 aromatic rings. The van der Waals surface area contributed by atoms with Crippen molar-refractivity contribution in [1.82, 2.24) is 14.9 Å². The highest BCUT2D eigenvalue weighted by Gasteiger charge is 2.36. The Morgan fingerprint density at radius 1 is 1.19 bits per heavy atom. The third kappa shape index (κ3) is 3.70. The Labute approximate surface area is 185 Å². The maximum Gasteiger partial charge on any atom is 0.245 e. The lowest BCUT2D eigenvalue weighted by Gasteiger charge is -2.32. The molecule has 162 valence electrons. The Balaban J connectivity index is 1.46. The molecule has 1 atom stereocenters. The van der Waals surface area contributed by atoms with Gasteiger partial charge in [-0.05, 0) is 61.4 Å². The van der Waals surface area contributed by atoms with Gasteiger partial charge in [-0.2, -0.15) is 0 Å². The SMILES string of the molecule is Cc1nc(N2CCC[C@@H]2C(=O)N2CCc3sccc3C2)nc2cc(S(C)(=O)=O)ccc12. The highest BCUT2D eigenvalue weighted by atomic mass is 32.2. The van der Waals surface area contributed by atoms with Crippen LogP contribution in [-0.4, -0.2) is 54.6 Å². The van der Waals surface area contributed by atoms with Crippen molar-refractivity contribution in [3.05, 3.63) is 45.8 Å². The molecule has 1 aromatic carbocycles. The summed E-state index contributed by atoms with van der Waals surface area (Å²) in [6, 6.07) is 6.77. The molecule has 5 rings (SSSR count). The number of rotatable bonds is 3. The molecule has 0 radical (unpaired) electrons. The summed E-state index contributed by atoms with van der Waals surface area (Å²) >= 11 is 1.76. The topological polar surface area (TPSA) is 83.5 Å². The zero-order valence-corrected chi connectivity index (χ0v) is 19.2. The second kappa shape index (κ2) is 7.56. The summed E-state index contributed by atoms with van der Waals surface area (Å²) in [5.74, 6) is 0.625. The molecular formula is C22H24N4O3S2. The first-order chi connectivity index (χ1) is 14.8. The summed E-state index contributed by atoms with van der Waals surface area (Å²) in [7, 11) is -3.33. The molecule has 9 heteroatoms. The van der Waals surface area contributed by atoms with Crippen molar-refractivity contribution in [3.8, 4) is 0 Å². The van der Waals surface area contributed by atoms with Gasteiger partial charge in [0.25, 0.3) is 0 Å². The lowest BCUT2D eigenvalue weighted by atomic mass is 10.1. The molecule has 31 heavy (non-hydrogen) atoms. The maximum atomic E-state index is 13.4. The fourth-order valence-corrected chi connectivity index (χ4v) is 6.05. The normalized spacial score (nSPS) is 19.1. The summed E-state index contributed by atoms with van der Waals surface area (Å²) in [5, 5.41) is 2.91. The van der Waals surface area contributed by atoms with E-state index in [0.29, 0.717) is 24.6 Å². The smallest absolute Gasteiger partial charge is 0.245 e. The van der Waals surface area contributed by atoms with Crippen LogP contribution >= 0.6 is 11.3 Å². The van der Waals surface area contributed by atoms with E-state index in [9.17, 15) is 13.2 Å². The lowest BCUT2D eigenvalue weighted by Crippen LogP contribution is -2.47. The van der Waals surface area contributed by atoms with Crippen LogP contribution in [0.2, 0.25) is 0 Å². The highest BCUT2D eigenvalue weighted by molar-refractivity contribution is 7.90. The molecule has 0 N–H and O–H groups in total. The van der Waals surface area contributed by atoms with Gasteiger partial charge in [0.15, 0.2) is 9.84 Å². The van der Waals surface area contributed by atoms with Crippen LogP contribution in [0, 0.1) is 6.92 Å². The molecule has 2 aliphatic heterocycles. The van der Waals surface area contributed by atoms with Gasteiger partial charge in [0.1, 0.15) is 6.04 Å². The average molecular weight is 457 g/mol. The number of aromatic nitrogens is 2. The van der Waals surface area contributed by atoms with Crippen molar-refractivity contribution in [3.63, 3.8) is 0 Å². The molecule has 2 aliphatic rings. The third-order valence-corrected chi connectivity index (χ3v) is 8.32. The van der Waals surface area contributed by atoms with Crippen LogP contribution in [0.25, 0.3) is 10.9 Å². The molecule has 7 nitrogen and oxygen atoms in total. The van der Waals surface area contributed by atoms with Gasteiger partial charge in [0.2, 0.25) is 11.9 Å². The van der Waals surface area contributed by atoms with Crippen LogP contribution in [-0.2, 0) is 27.6 Å². The Morgan fingerprint density at radius 3 is 2.84 bits per heavy atom. The summed E-state index contributed by atoms with van der Waals surface area (Å²) < 4.78 is 24.0. The monoisotopic (exact) mass is 456 g/mol. The number of aryl methyl sites for hydroxylation is 1. The molecule has 0 saturated carbocycles. The number of carbonyl (C=O) groups excluding carboxylic acids is 1. The minimum absolute atomic E-state index is 0.126. The number of hydrogen-bond donors (Lipinski definition) is 0. The van der Waals surface area contributed by atoms with Crippen molar-refractivity contribution in [1.29, 1.82) is 0 Å². The van der Waals surface area contributed by atoms with Gasteiger partial charge in [-0.15, -0.1) is 11.3 Å². The Hall–Kier alpha value is -2.52. The van der Waals surface area contributed by atoms with Crippen LogP contribution < -0.4 is 4.90 Å². The fourth-order valence-electron chi connectivity index (χ4n) is 4.52. The predicted octanol–water partition coefficient (Wildman–Crippen LogP) is 2.96. The first-order valence-electron chi connectivity index (χ1n) is 10.4. The Kier molecular flexibility index (Phi) is 4.97. The quantitative estimate of drug-likeness (QED) is 0.603. The van der Waals surface area contributed by atoms with E-state index in [2.05, 4.69) is 21.4 Å². The molecule has 1 fully saturated rings. The van der Waals surface area contributed by atoms with E-state index in [1.165, 1.54) is 16.7 Å². The van der Waals surface area contributed by atoms with Crippen LogP contribution in [0.15, 0.2) is 34.5 Å². The zero-order valence-electron chi connectivity index (χ0n) is 17.5. The molecular weight excluding hydrogens is 432 g/mol. The third-order valence-electron chi connectivity index (χ3n) is 6.19. The number of carbonyl (C=O) groups is 1. The second-order valence-electron chi connectivity index (χ2n) is 8.29. The van der Waals surface area contributed by atoms with Gasteiger partial charge in [-0.1, -0.05) is 0 Å². The van der Waals surface area contributed by atoms with Crippen molar-refractivity contribution in [2.45, 2.75) is 43.7 Å². The van der Waals surface area contributed by atoms with Crippen LogP contribution in [0.4, 0.5) is 5.95 Å². The molecule has 1 amide bonds. The summed E-state index contributed by atoms with van der Waals surface area (Å²) in [6.07, 6.45) is 3.77. The van der Waals surface area contributed by atoms with Crippen molar-refractivity contribution >= 4 is 43.9 Å². The molecule has 0 bridgehead atoms. The van der Waals surface area contributed by atoms with E-state index in [-0.39, 0.29) is 16.8 Å².